The van der Waals surface area contributed by atoms with E-state index in [0.29, 0.717) is 6.07 Å². The quantitative estimate of drug-likeness (QED) is 0.447. The van der Waals surface area contributed by atoms with Gasteiger partial charge in [-0.3, -0.25) is 0 Å². The van der Waals surface area contributed by atoms with E-state index in [1.165, 1.54) is 13.8 Å². The third kappa shape index (κ3) is 5.05. The molecule has 0 aromatic heterocycles. The Morgan fingerprint density at radius 2 is 1.86 bits per heavy atom. The van der Waals surface area contributed by atoms with Gasteiger partial charge in [0.1, 0.15) is 5.82 Å². The minimum atomic E-state index is -4.79. The first kappa shape index (κ1) is 21.8. The minimum Gasteiger partial charge on any atom is -0.489 e. The van der Waals surface area contributed by atoms with Crippen molar-refractivity contribution in [3.8, 4) is 5.75 Å². The van der Waals surface area contributed by atoms with Crippen LogP contribution in [0.4, 0.5) is 23.2 Å². The van der Waals surface area contributed by atoms with Crippen molar-refractivity contribution in [2.45, 2.75) is 32.4 Å². The Kier molecular flexibility index (Phi) is 6.41. The van der Waals surface area contributed by atoms with Gasteiger partial charge in [0, 0.05) is 11.3 Å². The van der Waals surface area contributed by atoms with Gasteiger partial charge in [-0.1, -0.05) is 11.6 Å². The van der Waals surface area contributed by atoms with Crippen molar-refractivity contribution < 1.29 is 37.3 Å². The maximum Gasteiger partial charge on any atom is 0.420 e. The lowest BCUT2D eigenvalue weighted by Gasteiger charge is -2.21. The number of carbonyl (C=O) groups is 1. The van der Waals surface area contributed by atoms with Crippen LogP contribution in [-0.2, 0) is 6.18 Å². The van der Waals surface area contributed by atoms with Crippen LogP contribution in [0.3, 0.4) is 0 Å². The Balaban J connectivity index is 2.38. The molecule has 0 aliphatic heterocycles. The van der Waals surface area contributed by atoms with E-state index in [9.17, 15) is 27.5 Å². The Morgan fingerprint density at radius 1 is 1.21 bits per heavy atom. The Morgan fingerprint density at radius 3 is 2.36 bits per heavy atom. The highest BCUT2D eigenvalue weighted by molar-refractivity contribution is 6.32. The first-order valence-corrected chi connectivity index (χ1v) is 8.32. The van der Waals surface area contributed by atoms with E-state index in [0.717, 1.165) is 24.3 Å². The summed E-state index contributed by atoms with van der Waals surface area (Å²) in [7, 11) is 0. The number of halogens is 5. The molecule has 0 bridgehead atoms. The molecule has 1 atom stereocenters. The van der Waals surface area contributed by atoms with E-state index in [4.69, 9.17) is 21.4 Å². The van der Waals surface area contributed by atoms with Gasteiger partial charge in [-0.2, -0.15) is 13.2 Å². The predicted octanol–water partition coefficient (Wildman–Crippen LogP) is 5.09. The summed E-state index contributed by atoms with van der Waals surface area (Å²) in [5.74, 6) is -3.11. The smallest absolute Gasteiger partial charge is 0.420 e. The fraction of sp³-hybridized carbons (Fsp3) is 0.278. The number of aliphatic hydroxyl groups excluding tert-OH is 1. The fourth-order valence-corrected chi connectivity index (χ4v) is 2.63. The molecule has 10 heteroatoms. The van der Waals surface area contributed by atoms with Crippen molar-refractivity contribution in [2.75, 3.05) is 5.32 Å². The van der Waals surface area contributed by atoms with Crippen LogP contribution in [0.15, 0.2) is 30.3 Å². The number of hydrogen-bond acceptors (Lipinski definition) is 4. The molecule has 0 spiro atoms. The molecule has 152 valence electrons. The largest absolute Gasteiger partial charge is 0.489 e. The van der Waals surface area contributed by atoms with Gasteiger partial charge < -0.3 is 20.3 Å². The average Bonchev–Trinajstić information content (AvgIpc) is 2.54. The first-order chi connectivity index (χ1) is 12.9. The highest BCUT2D eigenvalue weighted by Gasteiger charge is 2.37. The molecule has 0 amide bonds. The lowest BCUT2D eigenvalue weighted by molar-refractivity contribution is -0.139. The molecule has 3 N–H and O–H groups in total. The predicted molar refractivity (Wildman–Crippen MR) is 94.2 cm³/mol. The van der Waals surface area contributed by atoms with Crippen LogP contribution in [0.25, 0.3) is 0 Å². The summed E-state index contributed by atoms with van der Waals surface area (Å²) in [5.41, 5.74) is -2.03. The number of aliphatic hydroxyl groups is 1. The van der Waals surface area contributed by atoms with Gasteiger partial charge in [0.2, 0.25) is 0 Å². The van der Waals surface area contributed by atoms with Crippen LogP contribution in [0.1, 0.15) is 41.6 Å². The summed E-state index contributed by atoms with van der Waals surface area (Å²) < 4.78 is 59.0. The number of anilines is 1. The van der Waals surface area contributed by atoms with Crippen LogP contribution in [0.2, 0.25) is 5.02 Å². The summed E-state index contributed by atoms with van der Waals surface area (Å²) in [5, 5.41) is 21.0. The van der Waals surface area contributed by atoms with E-state index >= 15 is 0 Å². The summed E-state index contributed by atoms with van der Waals surface area (Å²) >= 11 is 5.92. The maximum atomic E-state index is 13.7. The molecule has 0 saturated carbocycles. The second-order valence-corrected chi connectivity index (χ2v) is 6.50. The lowest BCUT2D eigenvalue weighted by Crippen LogP contribution is -2.16. The van der Waals surface area contributed by atoms with Crippen LogP contribution in [-0.4, -0.2) is 22.3 Å². The van der Waals surface area contributed by atoms with E-state index in [1.54, 1.807) is 0 Å². The number of nitrogens with one attached hydrogen (secondary N) is 1. The number of alkyl halides is 3. The van der Waals surface area contributed by atoms with Crippen molar-refractivity contribution in [3.05, 3.63) is 57.9 Å². The van der Waals surface area contributed by atoms with Crippen molar-refractivity contribution >= 4 is 23.3 Å². The molecule has 0 saturated heterocycles. The number of benzene rings is 2. The Labute approximate surface area is 162 Å². The second-order valence-electron chi connectivity index (χ2n) is 6.09. The maximum absolute atomic E-state index is 13.7. The number of aromatic carboxylic acids is 1. The number of carboxylic acids is 1. The van der Waals surface area contributed by atoms with Crippen molar-refractivity contribution in [1.29, 1.82) is 0 Å². The highest BCUT2D eigenvalue weighted by atomic mass is 35.5. The molecule has 2 rings (SSSR count). The van der Waals surface area contributed by atoms with Gasteiger partial charge in [-0.05, 0) is 44.2 Å². The molecule has 0 aliphatic rings. The molecule has 0 heterocycles. The summed E-state index contributed by atoms with van der Waals surface area (Å²) in [6.07, 6.45) is -7.04. The van der Waals surface area contributed by atoms with Crippen LogP contribution in [0, 0.1) is 5.82 Å². The normalized spacial score (nSPS) is 12.8. The van der Waals surface area contributed by atoms with Gasteiger partial charge in [-0.25, -0.2) is 9.18 Å². The molecular weight excluding hydrogens is 406 g/mol. The van der Waals surface area contributed by atoms with Gasteiger partial charge in [-0.15, -0.1) is 0 Å². The number of carboxylic acid groups (broad SMARTS) is 1. The zero-order valence-electron chi connectivity index (χ0n) is 14.6. The first-order valence-electron chi connectivity index (χ1n) is 7.95. The molecule has 0 fully saturated rings. The highest BCUT2D eigenvalue weighted by Crippen LogP contribution is 2.42. The molecule has 28 heavy (non-hydrogen) atoms. The van der Waals surface area contributed by atoms with Gasteiger partial charge in [0.25, 0.3) is 0 Å². The molecule has 2 aromatic carbocycles. The number of ether oxygens (including phenoxy) is 1. The van der Waals surface area contributed by atoms with E-state index in [-0.39, 0.29) is 16.3 Å². The van der Waals surface area contributed by atoms with E-state index in [1.807, 2.05) is 0 Å². The zero-order chi connectivity index (χ0) is 21.2. The zero-order valence-corrected chi connectivity index (χ0v) is 15.4. The van der Waals surface area contributed by atoms with Crippen molar-refractivity contribution in [2.24, 2.45) is 0 Å². The summed E-state index contributed by atoms with van der Waals surface area (Å²) in [4.78, 5) is 10.8. The minimum absolute atomic E-state index is 0.0396. The third-order valence-corrected chi connectivity index (χ3v) is 3.82. The monoisotopic (exact) mass is 421 g/mol. The summed E-state index contributed by atoms with van der Waals surface area (Å²) in [6, 6.07) is 4.69. The molecule has 0 radical (unpaired) electrons. The second kappa shape index (κ2) is 8.24. The molecule has 5 nitrogen and oxygen atoms in total. The fourth-order valence-electron chi connectivity index (χ4n) is 2.36. The SMILES string of the molecule is CC(C)Oc1c(Cl)cc(C(O)Nc2ccc(C(=O)O)c(F)c2)cc1C(F)(F)F. The topological polar surface area (TPSA) is 78.8 Å². The van der Waals surface area contributed by atoms with Crippen molar-refractivity contribution in [3.63, 3.8) is 0 Å². The standard InChI is InChI=1S/C18H16ClF4NO4/c1-8(2)28-15-12(18(21,22)23)5-9(6-13(15)19)16(25)24-10-3-4-11(17(26)27)14(20)7-10/h3-8,16,24-25H,1-2H3,(H,26,27). The van der Waals surface area contributed by atoms with Crippen LogP contribution < -0.4 is 10.1 Å². The third-order valence-electron chi connectivity index (χ3n) is 3.54. The van der Waals surface area contributed by atoms with Crippen LogP contribution in [0.5, 0.6) is 5.75 Å². The van der Waals surface area contributed by atoms with E-state index < -0.39 is 47.2 Å². The molecule has 1 unspecified atom stereocenters. The van der Waals surface area contributed by atoms with Gasteiger partial charge in [0.15, 0.2) is 12.0 Å². The summed E-state index contributed by atoms with van der Waals surface area (Å²) in [6.45, 7) is 3.08. The van der Waals surface area contributed by atoms with E-state index in [2.05, 4.69) is 5.32 Å². The average molecular weight is 422 g/mol. The Bertz CT molecular complexity index is 887. The molecule has 0 aliphatic carbocycles. The Hall–Kier alpha value is -2.52. The van der Waals surface area contributed by atoms with Crippen molar-refractivity contribution in [1.82, 2.24) is 0 Å². The number of rotatable bonds is 6. The molecule has 2 aromatic rings. The number of hydrogen-bond donors (Lipinski definition) is 3. The molecular formula is C18H16ClF4NO4. The van der Waals surface area contributed by atoms with Gasteiger partial charge >= 0.3 is 12.1 Å². The van der Waals surface area contributed by atoms with Crippen LogP contribution >= 0.6 is 11.6 Å². The van der Waals surface area contributed by atoms with Gasteiger partial charge in [0.05, 0.1) is 22.3 Å². The lowest BCUT2D eigenvalue weighted by atomic mass is 10.1.